The second-order valence-electron chi connectivity index (χ2n) is 4.14. The van der Waals surface area contributed by atoms with Gasteiger partial charge in [-0.2, -0.15) is 0 Å². The van der Waals surface area contributed by atoms with Gasteiger partial charge in [0, 0.05) is 5.02 Å². The fourth-order valence-electron chi connectivity index (χ4n) is 1.85. The second-order valence-corrected chi connectivity index (χ2v) is 4.58. The van der Waals surface area contributed by atoms with E-state index in [0.29, 0.717) is 34.1 Å². The molecule has 96 valence electrons. The van der Waals surface area contributed by atoms with Crippen molar-refractivity contribution in [1.29, 1.82) is 0 Å². The van der Waals surface area contributed by atoms with E-state index in [-0.39, 0.29) is 5.75 Å². The minimum atomic E-state index is 0.207. The summed E-state index contributed by atoms with van der Waals surface area (Å²) in [5.41, 5.74) is 0.648. The Morgan fingerprint density at radius 1 is 1.11 bits per heavy atom. The van der Waals surface area contributed by atoms with E-state index >= 15 is 0 Å². The lowest BCUT2D eigenvalue weighted by molar-refractivity contribution is 0.274. The molecule has 3 nitrogen and oxygen atoms in total. The van der Waals surface area contributed by atoms with Crippen molar-refractivity contribution in [2.45, 2.75) is 6.61 Å². The summed E-state index contributed by atoms with van der Waals surface area (Å²) >= 11 is 5.80. The Bertz CT molecular complexity index is 701. The van der Waals surface area contributed by atoms with Crippen molar-refractivity contribution in [3.8, 4) is 11.5 Å². The Morgan fingerprint density at radius 2 is 1.89 bits per heavy atom. The number of rotatable bonds is 3. The fraction of sp³-hybridized carbons (Fsp3) is 0.0667. The van der Waals surface area contributed by atoms with Crippen molar-refractivity contribution < 1.29 is 14.3 Å². The third-order valence-corrected chi connectivity index (χ3v) is 3.04. The first-order valence-corrected chi connectivity index (χ1v) is 6.19. The van der Waals surface area contributed by atoms with E-state index in [0.717, 1.165) is 0 Å². The molecule has 1 heterocycles. The van der Waals surface area contributed by atoms with Gasteiger partial charge >= 0.3 is 0 Å². The molecule has 0 aliphatic heterocycles. The Morgan fingerprint density at radius 3 is 2.63 bits per heavy atom. The summed E-state index contributed by atoms with van der Waals surface area (Å²) in [7, 11) is 0. The molecule has 3 aromatic rings. The molecule has 2 aromatic carbocycles. The number of aromatic hydroxyl groups is 1. The Balaban J connectivity index is 1.78. The monoisotopic (exact) mass is 274 g/mol. The van der Waals surface area contributed by atoms with Crippen LogP contribution in [0.1, 0.15) is 5.76 Å². The summed E-state index contributed by atoms with van der Waals surface area (Å²) in [6.07, 6.45) is 0. The van der Waals surface area contributed by atoms with Crippen LogP contribution in [0, 0.1) is 0 Å². The fourth-order valence-corrected chi connectivity index (χ4v) is 1.98. The Labute approximate surface area is 115 Å². The Kier molecular flexibility index (Phi) is 3.05. The van der Waals surface area contributed by atoms with E-state index in [2.05, 4.69) is 0 Å². The summed E-state index contributed by atoms with van der Waals surface area (Å²) < 4.78 is 11.2. The van der Waals surface area contributed by atoms with Crippen molar-refractivity contribution in [1.82, 2.24) is 0 Å². The highest BCUT2D eigenvalue weighted by molar-refractivity contribution is 6.30. The normalized spacial score (nSPS) is 10.8. The van der Waals surface area contributed by atoms with Crippen LogP contribution >= 0.6 is 11.6 Å². The van der Waals surface area contributed by atoms with E-state index in [4.69, 9.17) is 20.8 Å². The highest BCUT2D eigenvalue weighted by atomic mass is 35.5. The average Bonchev–Trinajstić information content (AvgIpc) is 2.83. The lowest BCUT2D eigenvalue weighted by Crippen LogP contribution is -1.92. The number of hydrogen-bond donors (Lipinski definition) is 1. The van der Waals surface area contributed by atoms with Crippen molar-refractivity contribution >= 4 is 22.6 Å². The average molecular weight is 275 g/mol. The standard InChI is InChI=1S/C15H11ClO3/c16-10-4-6-11(7-5-10)18-9-12-8-13-14(17)2-1-3-15(13)19-12/h1-8,17H,9H2. The van der Waals surface area contributed by atoms with E-state index in [1.807, 2.05) is 0 Å². The smallest absolute Gasteiger partial charge is 0.146 e. The van der Waals surface area contributed by atoms with Gasteiger partial charge in [0.15, 0.2) is 0 Å². The van der Waals surface area contributed by atoms with Crippen molar-refractivity contribution in [2.75, 3.05) is 0 Å². The van der Waals surface area contributed by atoms with Gasteiger partial charge in [-0.25, -0.2) is 0 Å². The molecule has 0 amide bonds. The number of furan rings is 1. The van der Waals surface area contributed by atoms with E-state index in [9.17, 15) is 5.11 Å². The lowest BCUT2D eigenvalue weighted by Gasteiger charge is -2.03. The van der Waals surface area contributed by atoms with Gasteiger partial charge in [0.1, 0.15) is 29.4 Å². The highest BCUT2D eigenvalue weighted by Crippen LogP contribution is 2.28. The number of fused-ring (bicyclic) bond motifs is 1. The molecule has 3 rings (SSSR count). The van der Waals surface area contributed by atoms with Crippen LogP contribution in [0.25, 0.3) is 11.0 Å². The van der Waals surface area contributed by atoms with Crippen molar-refractivity contribution in [2.24, 2.45) is 0 Å². The number of phenolic OH excluding ortho intramolecular Hbond substituents is 1. The van der Waals surface area contributed by atoms with Gasteiger partial charge in [-0.3, -0.25) is 0 Å². The van der Waals surface area contributed by atoms with Gasteiger partial charge in [-0.05, 0) is 42.5 Å². The zero-order chi connectivity index (χ0) is 13.2. The predicted molar refractivity (Wildman–Crippen MR) is 73.7 cm³/mol. The molecular formula is C15H11ClO3. The molecule has 0 fully saturated rings. The molecule has 0 atom stereocenters. The first-order valence-electron chi connectivity index (χ1n) is 5.81. The number of phenols is 1. The lowest BCUT2D eigenvalue weighted by atomic mass is 10.2. The summed E-state index contributed by atoms with van der Waals surface area (Å²) in [6, 6.07) is 14.1. The molecule has 19 heavy (non-hydrogen) atoms. The Hall–Kier alpha value is -2.13. The van der Waals surface area contributed by atoms with Crippen LogP contribution < -0.4 is 4.74 Å². The number of halogens is 1. The maximum atomic E-state index is 9.68. The van der Waals surface area contributed by atoms with Crippen LogP contribution in [0.2, 0.25) is 5.02 Å². The van der Waals surface area contributed by atoms with Crippen LogP contribution in [0.15, 0.2) is 52.9 Å². The molecule has 1 aromatic heterocycles. The quantitative estimate of drug-likeness (QED) is 0.771. The van der Waals surface area contributed by atoms with E-state index < -0.39 is 0 Å². The molecule has 0 saturated carbocycles. The zero-order valence-electron chi connectivity index (χ0n) is 9.97. The molecule has 0 aliphatic carbocycles. The molecule has 0 bridgehead atoms. The van der Waals surface area contributed by atoms with Crippen LogP contribution in [-0.2, 0) is 6.61 Å². The van der Waals surface area contributed by atoms with Crippen molar-refractivity contribution in [3.05, 3.63) is 59.3 Å². The van der Waals surface area contributed by atoms with E-state index in [1.165, 1.54) is 0 Å². The van der Waals surface area contributed by atoms with E-state index in [1.54, 1.807) is 48.5 Å². The topological polar surface area (TPSA) is 42.6 Å². The largest absolute Gasteiger partial charge is 0.507 e. The number of ether oxygens (including phenoxy) is 1. The van der Waals surface area contributed by atoms with Crippen LogP contribution in [0.5, 0.6) is 11.5 Å². The van der Waals surface area contributed by atoms with Gasteiger partial charge < -0.3 is 14.3 Å². The SMILES string of the molecule is Oc1cccc2oc(COc3ccc(Cl)cc3)cc12. The molecule has 1 N–H and O–H groups in total. The second kappa shape index (κ2) is 4.86. The van der Waals surface area contributed by atoms with Gasteiger partial charge in [0.2, 0.25) is 0 Å². The minimum absolute atomic E-state index is 0.207. The van der Waals surface area contributed by atoms with Crippen LogP contribution in [0.3, 0.4) is 0 Å². The summed E-state index contributed by atoms with van der Waals surface area (Å²) in [5, 5.41) is 11.0. The van der Waals surface area contributed by atoms with Crippen LogP contribution in [0.4, 0.5) is 0 Å². The van der Waals surface area contributed by atoms with Gasteiger partial charge in [-0.15, -0.1) is 0 Å². The number of benzene rings is 2. The number of hydrogen-bond acceptors (Lipinski definition) is 3. The summed E-state index contributed by atoms with van der Waals surface area (Å²) in [4.78, 5) is 0. The third kappa shape index (κ3) is 2.51. The van der Waals surface area contributed by atoms with Crippen molar-refractivity contribution in [3.63, 3.8) is 0 Å². The summed E-state index contributed by atoms with van der Waals surface area (Å²) in [6.45, 7) is 0.301. The highest BCUT2D eigenvalue weighted by Gasteiger charge is 2.07. The first kappa shape index (κ1) is 11.9. The third-order valence-electron chi connectivity index (χ3n) is 2.78. The van der Waals surface area contributed by atoms with Gasteiger partial charge in [-0.1, -0.05) is 17.7 Å². The summed E-state index contributed by atoms with van der Waals surface area (Å²) in [5.74, 6) is 1.58. The molecular weight excluding hydrogens is 264 g/mol. The first-order chi connectivity index (χ1) is 9.22. The van der Waals surface area contributed by atoms with Crippen LogP contribution in [-0.4, -0.2) is 5.11 Å². The predicted octanol–water partition coefficient (Wildman–Crippen LogP) is 4.37. The molecule has 0 unspecified atom stereocenters. The minimum Gasteiger partial charge on any atom is -0.507 e. The molecule has 0 radical (unpaired) electrons. The maximum absolute atomic E-state index is 9.68. The zero-order valence-corrected chi connectivity index (χ0v) is 10.7. The molecule has 0 saturated heterocycles. The van der Waals surface area contributed by atoms with Gasteiger partial charge in [0.25, 0.3) is 0 Å². The van der Waals surface area contributed by atoms with Gasteiger partial charge in [0.05, 0.1) is 5.39 Å². The molecule has 4 heteroatoms. The molecule has 0 aliphatic rings. The maximum Gasteiger partial charge on any atom is 0.146 e. The molecule has 0 spiro atoms.